The van der Waals surface area contributed by atoms with Crippen LogP contribution in [0.4, 0.5) is 0 Å². The summed E-state index contributed by atoms with van der Waals surface area (Å²) in [7, 11) is 1.94. The SMILES string of the molecule is Cn1cc(CNC2=NCC3(CCCC3)CS2)cn1. The first kappa shape index (κ1) is 12.1. The number of rotatable bonds is 2. The number of amidine groups is 1. The van der Waals surface area contributed by atoms with Crippen molar-refractivity contribution in [2.24, 2.45) is 17.5 Å². The Bertz CT molecular complexity index is 446. The van der Waals surface area contributed by atoms with Crippen LogP contribution in [0.1, 0.15) is 31.2 Å². The Kier molecular flexibility index (Phi) is 3.33. The highest BCUT2D eigenvalue weighted by Gasteiger charge is 2.36. The molecule has 1 fully saturated rings. The van der Waals surface area contributed by atoms with Gasteiger partial charge in [-0.2, -0.15) is 5.10 Å². The van der Waals surface area contributed by atoms with E-state index in [0.717, 1.165) is 18.3 Å². The third-order valence-electron chi connectivity index (χ3n) is 3.94. The maximum Gasteiger partial charge on any atom is 0.156 e. The van der Waals surface area contributed by atoms with E-state index in [-0.39, 0.29) is 0 Å². The normalized spacial score (nSPS) is 22.2. The summed E-state index contributed by atoms with van der Waals surface area (Å²) in [5.74, 6) is 1.24. The molecule has 1 aromatic rings. The first-order chi connectivity index (χ1) is 8.76. The van der Waals surface area contributed by atoms with Crippen LogP contribution >= 0.6 is 11.8 Å². The molecule has 1 saturated carbocycles. The lowest BCUT2D eigenvalue weighted by Crippen LogP contribution is -2.33. The first-order valence-electron chi connectivity index (χ1n) is 6.64. The van der Waals surface area contributed by atoms with E-state index in [9.17, 15) is 0 Å². The molecule has 0 radical (unpaired) electrons. The second-order valence-corrected chi connectivity index (χ2v) is 6.46. The third kappa shape index (κ3) is 2.55. The lowest BCUT2D eigenvalue weighted by molar-refractivity contribution is 0.358. The van der Waals surface area contributed by atoms with Gasteiger partial charge in [0, 0.05) is 37.7 Å². The first-order valence-corrected chi connectivity index (χ1v) is 7.63. The van der Waals surface area contributed by atoms with Crippen molar-refractivity contribution >= 4 is 16.9 Å². The molecule has 1 spiro atoms. The van der Waals surface area contributed by atoms with Gasteiger partial charge in [0.15, 0.2) is 5.17 Å². The van der Waals surface area contributed by atoms with Gasteiger partial charge < -0.3 is 5.32 Å². The minimum absolute atomic E-state index is 0.532. The topological polar surface area (TPSA) is 42.2 Å². The van der Waals surface area contributed by atoms with E-state index < -0.39 is 0 Å². The number of aryl methyl sites for hydroxylation is 1. The number of hydrogen-bond donors (Lipinski definition) is 1. The summed E-state index contributed by atoms with van der Waals surface area (Å²) in [5.41, 5.74) is 1.74. The fourth-order valence-corrected chi connectivity index (χ4v) is 3.98. The molecular formula is C13H20N4S. The molecule has 1 N–H and O–H groups in total. The van der Waals surface area contributed by atoms with E-state index in [4.69, 9.17) is 4.99 Å². The molecule has 2 aliphatic rings. The lowest BCUT2D eigenvalue weighted by atomic mass is 9.89. The third-order valence-corrected chi connectivity index (χ3v) is 5.24. The van der Waals surface area contributed by atoms with Crippen LogP contribution in [0, 0.1) is 5.41 Å². The highest BCUT2D eigenvalue weighted by molar-refractivity contribution is 8.13. The molecule has 0 aromatic carbocycles. The van der Waals surface area contributed by atoms with Crippen LogP contribution in [0.15, 0.2) is 17.4 Å². The van der Waals surface area contributed by atoms with Crippen molar-refractivity contribution in [2.75, 3.05) is 12.3 Å². The number of thioether (sulfide) groups is 1. The molecule has 1 aromatic heterocycles. The average molecular weight is 264 g/mol. The van der Waals surface area contributed by atoms with Crippen LogP contribution in [0.5, 0.6) is 0 Å². The molecule has 18 heavy (non-hydrogen) atoms. The molecule has 1 aliphatic carbocycles. The zero-order valence-corrected chi connectivity index (χ0v) is 11.7. The minimum Gasteiger partial charge on any atom is -0.361 e. The predicted molar refractivity (Wildman–Crippen MR) is 75.7 cm³/mol. The van der Waals surface area contributed by atoms with Crippen LogP contribution in [0.2, 0.25) is 0 Å². The monoisotopic (exact) mass is 264 g/mol. The number of nitrogens with one attached hydrogen (secondary N) is 1. The average Bonchev–Trinajstić information content (AvgIpc) is 2.99. The van der Waals surface area contributed by atoms with Gasteiger partial charge in [0.1, 0.15) is 0 Å². The van der Waals surface area contributed by atoms with Gasteiger partial charge in [-0.05, 0) is 18.3 Å². The number of aromatic nitrogens is 2. The highest BCUT2D eigenvalue weighted by Crippen LogP contribution is 2.43. The van der Waals surface area contributed by atoms with Gasteiger partial charge in [0.05, 0.1) is 6.20 Å². The van der Waals surface area contributed by atoms with Crippen LogP contribution in [-0.4, -0.2) is 27.2 Å². The number of nitrogens with zero attached hydrogens (tertiary/aromatic N) is 3. The summed E-state index contributed by atoms with van der Waals surface area (Å²) < 4.78 is 1.83. The Morgan fingerprint density at radius 3 is 2.89 bits per heavy atom. The van der Waals surface area contributed by atoms with Crippen molar-refractivity contribution in [1.82, 2.24) is 15.1 Å². The van der Waals surface area contributed by atoms with Crippen molar-refractivity contribution in [3.8, 4) is 0 Å². The standard InChI is InChI=1S/C13H20N4S/c1-17-8-11(7-16-17)6-14-12-15-9-13(10-18-12)4-2-3-5-13/h7-8H,2-6,9-10H2,1H3,(H,14,15). The molecular weight excluding hydrogens is 244 g/mol. The largest absolute Gasteiger partial charge is 0.361 e. The quantitative estimate of drug-likeness (QED) is 0.890. The zero-order chi connectivity index (χ0) is 12.4. The van der Waals surface area contributed by atoms with Crippen LogP contribution in [-0.2, 0) is 13.6 Å². The molecule has 4 nitrogen and oxygen atoms in total. The summed E-state index contributed by atoms with van der Waals surface area (Å²) in [6.45, 7) is 1.85. The Labute approximate surface area is 112 Å². The molecule has 0 unspecified atom stereocenters. The van der Waals surface area contributed by atoms with E-state index in [2.05, 4.69) is 10.4 Å². The second kappa shape index (κ2) is 4.96. The maximum atomic E-state index is 4.73. The van der Waals surface area contributed by atoms with Gasteiger partial charge in [0.2, 0.25) is 0 Å². The van der Waals surface area contributed by atoms with E-state index in [1.807, 2.05) is 35.9 Å². The van der Waals surface area contributed by atoms with Gasteiger partial charge in [-0.1, -0.05) is 24.6 Å². The van der Waals surface area contributed by atoms with Crippen molar-refractivity contribution < 1.29 is 0 Å². The lowest BCUT2D eigenvalue weighted by Gasteiger charge is -2.31. The Hall–Kier alpha value is -0.970. The molecule has 0 atom stereocenters. The summed E-state index contributed by atoms with van der Waals surface area (Å²) >= 11 is 1.90. The van der Waals surface area contributed by atoms with Crippen LogP contribution in [0.25, 0.3) is 0 Å². The summed E-state index contributed by atoms with van der Waals surface area (Å²) in [6, 6.07) is 0. The van der Waals surface area contributed by atoms with Gasteiger partial charge in [0.25, 0.3) is 0 Å². The Balaban J connectivity index is 1.54. The van der Waals surface area contributed by atoms with Crippen molar-refractivity contribution in [3.05, 3.63) is 18.0 Å². The van der Waals surface area contributed by atoms with Crippen LogP contribution in [0.3, 0.4) is 0 Å². The van der Waals surface area contributed by atoms with E-state index >= 15 is 0 Å². The Morgan fingerprint density at radius 1 is 1.44 bits per heavy atom. The fourth-order valence-electron chi connectivity index (χ4n) is 2.83. The molecule has 0 amide bonds. The minimum atomic E-state index is 0.532. The maximum absolute atomic E-state index is 4.73. The predicted octanol–water partition coefficient (Wildman–Crippen LogP) is 2.17. The molecule has 98 valence electrons. The number of hydrogen-bond acceptors (Lipinski definition) is 4. The van der Waals surface area contributed by atoms with E-state index in [1.165, 1.54) is 37.0 Å². The van der Waals surface area contributed by atoms with Crippen molar-refractivity contribution in [3.63, 3.8) is 0 Å². The summed E-state index contributed by atoms with van der Waals surface area (Å²) in [6.07, 6.45) is 9.49. The molecule has 5 heteroatoms. The molecule has 0 saturated heterocycles. The van der Waals surface area contributed by atoms with E-state index in [1.54, 1.807) is 0 Å². The van der Waals surface area contributed by atoms with Gasteiger partial charge in [-0.3, -0.25) is 9.67 Å². The van der Waals surface area contributed by atoms with Crippen molar-refractivity contribution in [1.29, 1.82) is 0 Å². The van der Waals surface area contributed by atoms with Gasteiger partial charge in [-0.15, -0.1) is 0 Å². The highest BCUT2D eigenvalue weighted by atomic mass is 32.2. The fraction of sp³-hybridized carbons (Fsp3) is 0.692. The van der Waals surface area contributed by atoms with Crippen LogP contribution < -0.4 is 5.32 Å². The van der Waals surface area contributed by atoms with Gasteiger partial charge >= 0.3 is 0 Å². The summed E-state index contributed by atoms with van der Waals surface area (Å²) in [4.78, 5) is 4.73. The molecule has 3 rings (SSSR count). The smallest absolute Gasteiger partial charge is 0.156 e. The second-order valence-electron chi connectivity index (χ2n) is 5.49. The van der Waals surface area contributed by atoms with Gasteiger partial charge in [-0.25, -0.2) is 0 Å². The van der Waals surface area contributed by atoms with E-state index in [0.29, 0.717) is 5.41 Å². The zero-order valence-electron chi connectivity index (χ0n) is 10.9. The number of aliphatic imine (C=N–C) groups is 1. The van der Waals surface area contributed by atoms with Crippen molar-refractivity contribution in [2.45, 2.75) is 32.2 Å². The molecule has 2 heterocycles. The Morgan fingerprint density at radius 2 is 2.28 bits per heavy atom. The summed E-state index contributed by atoms with van der Waals surface area (Å²) in [5, 5.41) is 8.69. The molecule has 0 bridgehead atoms. The molecule has 1 aliphatic heterocycles.